The summed E-state index contributed by atoms with van der Waals surface area (Å²) in [6.07, 6.45) is 3.42. The minimum absolute atomic E-state index is 0.271. The van der Waals surface area contributed by atoms with Gasteiger partial charge in [-0.15, -0.1) is 0 Å². The van der Waals surface area contributed by atoms with Crippen LogP contribution in [0.1, 0.15) is 41.4 Å². The molecular formula is C22H21Cl2N3. The maximum atomic E-state index is 6.37. The van der Waals surface area contributed by atoms with Crippen LogP contribution in [0.5, 0.6) is 0 Å². The monoisotopic (exact) mass is 397 g/mol. The summed E-state index contributed by atoms with van der Waals surface area (Å²) in [6, 6.07) is 14.4. The molecule has 1 heterocycles. The van der Waals surface area contributed by atoms with Crippen molar-refractivity contribution in [2.24, 2.45) is 0 Å². The Balaban J connectivity index is 1.67. The van der Waals surface area contributed by atoms with Crippen LogP contribution in [0.15, 0.2) is 42.5 Å². The second-order valence-corrected chi connectivity index (χ2v) is 7.85. The largest absolute Gasteiger partial charge is 0.362 e. The minimum atomic E-state index is 0.271. The summed E-state index contributed by atoms with van der Waals surface area (Å²) in [4.78, 5) is 9.62. The summed E-state index contributed by atoms with van der Waals surface area (Å²) in [6.45, 7) is 3.95. The molecular weight excluding hydrogens is 377 g/mol. The summed E-state index contributed by atoms with van der Waals surface area (Å²) in [5.74, 6) is 0.836. The van der Waals surface area contributed by atoms with Crippen LogP contribution in [0, 0.1) is 13.8 Å². The van der Waals surface area contributed by atoms with E-state index >= 15 is 0 Å². The standard InChI is InChI=1S/C22H21Cl2N3/c1-13-21(18-11-10-16(23)12-19(18)24)25-14(2)22(26-13)27-20-9-5-7-15-6-3-4-8-17(15)20/h3-4,6,8,10-12,20H,5,7,9H2,1-2H3,(H,26,27). The third kappa shape index (κ3) is 3.67. The summed E-state index contributed by atoms with van der Waals surface area (Å²) >= 11 is 12.4. The van der Waals surface area contributed by atoms with Gasteiger partial charge in [-0.1, -0.05) is 47.5 Å². The molecule has 3 nitrogen and oxygen atoms in total. The van der Waals surface area contributed by atoms with E-state index in [-0.39, 0.29) is 6.04 Å². The Morgan fingerprint density at radius 1 is 1.00 bits per heavy atom. The van der Waals surface area contributed by atoms with Gasteiger partial charge in [0.25, 0.3) is 0 Å². The van der Waals surface area contributed by atoms with Gasteiger partial charge in [0.1, 0.15) is 5.82 Å². The van der Waals surface area contributed by atoms with E-state index in [0.717, 1.165) is 41.3 Å². The van der Waals surface area contributed by atoms with Crippen LogP contribution in [0.4, 0.5) is 5.82 Å². The lowest BCUT2D eigenvalue weighted by Crippen LogP contribution is -2.19. The predicted octanol–water partition coefficient (Wildman–Crippen LogP) is 6.56. The number of hydrogen-bond acceptors (Lipinski definition) is 3. The molecule has 27 heavy (non-hydrogen) atoms. The third-order valence-corrected chi connectivity index (χ3v) is 5.66. The smallest absolute Gasteiger partial charge is 0.148 e. The van der Waals surface area contributed by atoms with Gasteiger partial charge in [-0.05, 0) is 62.4 Å². The Morgan fingerprint density at radius 3 is 2.63 bits per heavy atom. The SMILES string of the molecule is Cc1nc(-c2ccc(Cl)cc2Cl)c(C)nc1NC1CCCc2ccccc21. The van der Waals surface area contributed by atoms with Crippen molar-refractivity contribution in [3.8, 4) is 11.3 Å². The van der Waals surface area contributed by atoms with Gasteiger partial charge in [-0.2, -0.15) is 0 Å². The van der Waals surface area contributed by atoms with E-state index in [1.165, 1.54) is 17.5 Å². The van der Waals surface area contributed by atoms with E-state index in [1.54, 1.807) is 6.07 Å². The highest BCUT2D eigenvalue weighted by molar-refractivity contribution is 6.36. The number of anilines is 1. The third-order valence-electron chi connectivity index (χ3n) is 5.11. The summed E-state index contributed by atoms with van der Waals surface area (Å²) in [7, 11) is 0. The van der Waals surface area contributed by atoms with Gasteiger partial charge in [-0.25, -0.2) is 9.97 Å². The number of rotatable bonds is 3. The van der Waals surface area contributed by atoms with E-state index in [1.807, 2.05) is 26.0 Å². The molecule has 1 unspecified atom stereocenters. The van der Waals surface area contributed by atoms with Crippen LogP contribution in [0.2, 0.25) is 10.0 Å². The van der Waals surface area contributed by atoms with Crippen molar-refractivity contribution in [1.82, 2.24) is 9.97 Å². The van der Waals surface area contributed by atoms with Gasteiger partial charge in [0, 0.05) is 10.6 Å². The van der Waals surface area contributed by atoms with Gasteiger partial charge in [0.05, 0.1) is 28.1 Å². The molecule has 138 valence electrons. The molecule has 1 N–H and O–H groups in total. The van der Waals surface area contributed by atoms with Crippen molar-refractivity contribution in [3.63, 3.8) is 0 Å². The molecule has 1 aromatic heterocycles. The molecule has 0 fully saturated rings. The molecule has 4 rings (SSSR count). The van der Waals surface area contributed by atoms with Gasteiger partial charge >= 0.3 is 0 Å². The number of nitrogens with zero attached hydrogens (tertiary/aromatic N) is 2. The van der Waals surface area contributed by atoms with E-state index < -0.39 is 0 Å². The first-order chi connectivity index (χ1) is 13.0. The zero-order valence-electron chi connectivity index (χ0n) is 15.4. The van der Waals surface area contributed by atoms with Crippen LogP contribution in [-0.2, 0) is 6.42 Å². The summed E-state index contributed by atoms with van der Waals surface area (Å²) in [5.41, 5.74) is 6.15. The van der Waals surface area contributed by atoms with Crippen molar-refractivity contribution in [1.29, 1.82) is 0 Å². The molecule has 5 heteroatoms. The molecule has 1 aliphatic carbocycles. The Kier molecular flexibility index (Phi) is 5.07. The summed E-state index contributed by atoms with van der Waals surface area (Å²) in [5, 5.41) is 4.82. The molecule has 1 atom stereocenters. The predicted molar refractivity (Wildman–Crippen MR) is 113 cm³/mol. The van der Waals surface area contributed by atoms with E-state index in [9.17, 15) is 0 Å². The number of nitrogens with one attached hydrogen (secondary N) is 1. The average molecular weight is 398 g/mol. The molecule has 0 radical (unpaired) electrons. The topological polar surface area (TPSA) is 37.8 Å². The Morgan fingerprint density at radius 2 is 1.81 bits per heavy atom. The number of hydrogen-bond donors (Lipinski definition) is 1. The molecule has 2 aromatic carbocycles. The first-order valence-electron chi connectivity index (χ1n) is 9.18. The number of fused-ring (bicyclic) bond motifs is 1. The molecule has 0 aliphatic heterocycles. The van der Waals surface area contributed by atoms with Crippen LogP contribution < -0.4 is 5.32 Å². The van der Waals surface area contributed by atoms with Crippen molar-refractivity contribution < 1.29 is 0 Å². The van der Waals surface area contributed by atoms with Gasteiger partial charge < -0.3 is 5.32 Å². The van der Waals surface area contributed by atoms with Crippen molar-refractivity contribution in [2.75, 3.05) is 5.32 Å². The zero-order chi connectivity index (χ0) is 19.0. The van der Waals surface area contributed by atoms with E-state index in [4.69, 9.17) is 33.2 Å². The number of benzene rings is 2. The fourth-order valence-corrected chi connectivity index (χ4v) is 4.24. The van der Waals surface area contributed by atoms with Crippen molar-refractivity contribution >= 4 is 29.0 Å². The second-order valence-electron chi connectivity index (χ2n) is 7.00. The number of aromatic nitrogens is 2. The van der Waals surface area contributed by atoms with Gasteiger partial charge in [0.15, 0.2) is 0 Å². The second kappa shape index (κ2) is 7.49. The van der Waals surface area contributed by atoms with E-state index in [2.05, 4.69) is 29.6 Å². The highest BCUT2D eigenvalue weighted by Crippen LogP contribution is 2.35. The Hall–Kier alpha value is -2.10. The Labute approximate surface area is 169 Å². The van der Waals surface area contributed by atoms with Crippen molar-refractivity contribution in [2.45, 2.75) is 39.2 Å². The molecule has 0 saturated carbocycles. The molecule has 1 aliphatic rings. The number of aryl methyl sites for hydroxylation is 3. The molecule has 0 bridgehead atoms. The van der Waals surface area contributed by atoms with Gasteiger partial charge in [-0.3, -0.25) is 0 Å². The van der Waals surface area contributed by atoms with Crippen LogP contribution in [-0.4, -0.2) is 9.97 Å². The molecule has 0 saturated heterocycles. The molecule has 3 aromatic rings. The van der Waals surface area contributed by atoms with Crippen molar-refractivity contribution in [3.05, 3.63) is 75.0 Å². The molecule has 0 amide bonds. The van der Waals surface area contributed by atoms with Gasteiger partial charge in [0.2, 0.25) is 0 Å². The highest BCUT2D eigenvalue weighted by atomic mass is 35.5. The lowest BCUT2D eigenvalue weighted by atomic mass is 9.88. The maximum absolute atomic E-state index is 6.37. The first kappa shape index (κ1) is 18.3. The lowest BCUT2D eigenvalue weighted by molar-refractivity contribution is 0.597. The maximum Gasteiger partial charge on any atom is 0.148 e. The lowest BCUT2D eigenvalue weighted by Gasteiger charge is -2.27. The van der Waals surface area contributed by atoms with E-state index in [0.29, 0.717) is 10.0 Å². The quantitative estimate of drug-likeness (QED) is 0.543. The zero-order valence-corrected chi connectivity index (χ0v) is 16.9. The van der Waals surface area contributed by atoms with Crippen LogP contribution in [0.25, 0.3) is 11.3 Å². The normalized spacial score (nSPS) is 16.1. The van der Waals surface area contributed by atoms with Crippen LogP contribution >= 0.6 is 23.2 Å². The Bertz CT molecular complexity index is 1000. The first-order valence-corrected chi connectivity index (χ1v) is 9.93. The summed E-state index contributed by atoms with van der Waals surface area (Å²) < 4.78 is 0. The fraction of sp³-hybridized carbons (Fsp3) is 0.273. The fourth-order valence-electron chi connectivity index (χ4n) is 3.75. The number of halogens is 2. The van der Waals surface area contributed by atoms with Crippen LogP contribution in [0.3, 0.4) is 0 Å². The average Bonchev–Trinajstić information content (AvgIpc) is 2.65. The highest BCUT2D eigenvalue weighted by Gasteiger charge is 2.21. The minimum Gasteiger partial charge on any atom is -0.362 e. The molecule has 0 spiro atoms.